The number of aromatic nitrogens is 1. The van der Waals surface area contributed by atoms with Gasteiger partial charge in [-0.25, -0.2) is 9.37 Å². The first-order valence-electron chi connectivity index (χ1n) is 7.15. The standard InChI is InChI=1S/C16H21FN2S/c1-3-5-14-15(11-18-4-2)20-16(19-14)10-12-6-8-13(17)9-7-12/h6-9,18H,3-5,10-11H2,1-2H3. The number of rotatable bonds is 7. The van der Waals surface area contributed by atoms with Crippen molar-refractivity contribution in [3.63, 3.8) is 0 Å². The molecule has 0 radical (unpaired) electrons. The van der Waals surface area contributed by atoms with Gasteiger partial charge in [0.1, 0.15) is 5.82 Å². The molecule has 0 spiro atoms. The van der Waals surface area contributed by atoms with Gasteiger partial charge in [0.05, 0.1) is 10.7 Å². The molecule has 2 rings (SSSR count). The Morgan fingerprint density at radius 2 is 1.95 bits per heavy atom. The topological polar surface area (TPSA) is 24.9 Å². The highest BCUT2D eigenvalue weighted by Gasteiger charge is 2.10. The minimum atomic E-state index is -0.188. The van der Waals surface area contributed by atoms with Crippen LogP contribution in [-0.2, 0) is 19.4 Å². The number of hydrogen-bond donors (Lipinski definition) is 1. The van der Waals surface area contributed by atoms with Gasteiger partial charge in [0.25, 0.3) is 0 Å². The van der Waals surface area contributed by atoms with E-state index in [0.29, 0.717) is 0 Å². The molecule has 0 amide bonds. The van der Waals surface area contributed by atoms with E-state index < -0.39 is 0 Å². The highest BCUT2D eigenvalue weighted by Crippen LogP contribution is 2.22. The first-order chi connectivity index (χ1) is 9.72. The lowest BCUT2D eigenvalue weighted by molar-refractivity contribution is 0.627. The SMILES string of the molecule is CCCc1nc(Cc2ccc(F)cc2)sc1CNCC. The Morgan fingerprint density at radius 1 is 1.20 bits per heavy atom. The van der Waals surface area contributed by atoms with Gasteiger partial charge in [-0.05, 0) is 30.7 Å². The second-order valence-corrected chi connectivity index (χ2v) is 5.98. The Balaban J connectivity index is 2.12. The van der Waals surface area contributed by atoms with Crippen molar-refractivity contribution in [3.8, 4) is 0 Å². The van der Waals surface area contributed by atoms with E-state index in [1.165, 1.54) is 22.7 Å². The third-order valence-electron chi connectivity index (χ3n) is 3.11. The Hall–Kier alpha value is -1.26. The van der Waals surface area contributed by atoms with Crippen molar-refractivity contribution in [2.24, 2.45) is 0 Å². The van der Waals surface area contributed by atoms with Crippen LogP contribution in [0.3, 0.4) is 0 Å². The summed E-state index contributed by atoms with van der Waals surface area (Å²) < 4.78 is 12.9. The van der Waals surface area contributed by atoms with Crippen LogP contribution in [0.2, 0.25) is 0 Å². The van der Waals surface area contributed by atoms with Crippen LogP contribution in [0.1, 0.15) is 41.4 Å². The van der Waals surface area contributed by atoms with E-state index in [1.807, 2.05) is 12.1 Å². The molecule has 0 aliphatic heterocycles. The highest BCUT2D eigenvalue weighted by atomic mass is 32.1. The Bertz CT molecular complexity index is 534. The van der Waals surface area contributed by atoms with Gasteiger partial charge in [0.15, 0.2) is 0 Å². The van der Waals surface area contributed by atoms with Crippen LogP contribution < -0.4 is 5.32 Å². The maximum absolute atomic E-state index is 12.9. The van der Waals surface area contributed by atoms with Crippen LogP contribution in [-0.4, -0.2) is 11.5 Å². The van der Waals surface area contributed by atoms with Gasteiger partial charge in [-0.1, -0.05) is 32.4 Å². The molecule has 0 atom stereocenters. The lowest BCUT2D eigenvalue weighted by atomic mass is 10.1. The van der Waals surface area contributed by atoms with Crippen LogP contribution in [0.5, 0.6) is 0 Å². The van der Waals surface area contributed by atoms with Crippen LogP contribution in [0.4, 0.5) is 4.39 Å². The van der Waals surface area contributed by atoms with Crippen LogP contribution in [0.15, 0.2) is 24.3 Å². The van der Waals surface area contributed by atoms with E-state index >= 15 is 0 Å². The summed E-state index contributed by atoms with van der Waals surface area (Å²) in [5, 5.41) is 4.49. The van der Waals surface area contributed by atoms with Gasteiger partial charge in [0.2, 0.25) is 0 Å². The van der Waals surface area contributed by atoms with E-state index in [2.05, 4.69) is 19.2 Å². The largest absolute Gasteiger partial charge is 0.312 e. The third kappa shape index (κ3) is 4.12. The average molecular weight is 292 g/mol. The molecule has 1 aromatic heterocycles. The number of benzene rings is 1. The summed E-state index contributed by atoms with van der Waals surface area (Å²) in [5.74, 6) is -0.188. The fraction of sp³-hybridized carbons (Fsp3) is 0.438. The maximum Gasteiger partial charge on any atom is 0.123 e. The zero-order valence-corrected chi connectivity index (χ0v) is 12.9. The molecule has 2 aromatic rings. The zero-order chi connectivity index (χ0) is 14.4. The normalized spacial score (nSPS) is 10.9. The summed E-state index contributed by atoms with van der Waals surface area (Å²) >= 11 is 1.77. The molecular formula is C16H21FN2S. The van der Waals surface area contributed by atoms with Gasteiger partial charge in [-0.2, -0.15) is 0 Å². The predicted octanol–water partition coefficient (Wildman–Crippen LogP) is 3.94. The van der Waals surface area contributed by atoms with E-state index in [4.69, 9.17) is 4.98 Å². The summed E-state index contributed by atoms with van der Waals surface area (Å²) in [6.07, 6.45) is 2.92. The minimum Gasteiger partial charge on any atom is -0.312 e. The Kier molecular flexibility index (Phi) is 5.68. The molecule has 2 nitrogen and oxygen atoms in total. The van der Waals surface area contributed by atoms with Crippen LogP contribution in [0.25, 0.3) is 0 Å². The van der Waals surface area contributed by atoms with Crippen molar-refractivity contribution in [1.29, 1.82) is 0 Å². The molecule has 0 aliphatic rings. The smallest absolute Gasteiger partial charge is 0.123 e. The summed E-state index contributed by atoms with van der Waals surface area (Å²) in [6, 6.07) is 6.69. The molecule has 1 heterocycles. The van der Waals surface area contributed by atoms with Gasteiger partial charge >= 0.3 is 0 Å². The summed E-state index contributed by atoms with van der Waals surface area (Å²) in [7, 11) is 0. The van der Waals surface area contributed by atoms with Crippen molar-refractivity contribution in [1.82, 2.24) is 10.3 Å². The lowest BCUT2D eigenvalue weighted by Crippen LogP contribution is -2.11. The lowest BCUT2D eigenvalue weighted by Gasteiger charge is -2.00. The molecule has 4 heteroatoms. The first kappa shape index (κ1) is 15.1. The molecule has 0 saturated heterocycles. The van der Waals surface area contributed by atoms with Crippen molar-refractivity contribution in [2.75, 3.05) is 6.54 Å². The fourth-order valence-corrected chi connectivity index (χ4v) is 3.22. The fourth-order valence-electron chi connectivity index (χ4n) is 2.10. The van der Waals surface area contributed by atoms with E-state index in [1.54, 1.807) is 11.3 Å². The second-order valence-electron chi connectivity index (χ2n) is 4.81. The molecule has 0 fully saturated rings. The summed E-state index contributed by atoms with van der Waals surface area (Å²) in [5.41, 5.74) is 2.33. The molecule has 1 N–H and O–H groups in total. The number of nitrogens with one attached hydrogen (secondary N) is 1. The van der Waals surface area contributed by atoms with Crippen LogP contribution >= 0.6 is 11.3 Å². The molecule has 1 aromatic carbocycles. The highest BCUT2D eigenvalue weighted by molar-refractivity contribution is 7.11. The number of aryl methyl sites for hydroxylation is 1. The quantitative estimate of drug-likeness (QED) is 0.836. The molecule has 0 aliphatic carbocycles. The van der Waals surface area contributed by atoms with Crippen molar-refractivity contribution >= 4 is 11.3 Å². The van der Waals surface area contributed by atoms with Gasteiger partial charge < -0.3 is 5.32 Å². The predicted molar refractivity (Wildman–Crippen MR) is 82.7 cm³/mol. The third-order valence-corrected chi connectivity index (χ3v) is 4.21. The van der Waals surface area contributed by atoms with Gasteiger partial charge in [-0.15, -0.1) is 11.3 Å². The van der Waals surface area contributed by atoms with Crippen molar-refractivity contribution in [3.05, 3.63) is 51.2 Å². The number of nitrogens with zero attached hydrogens (tertiary/aromatic N) is 1. The molecular weight excluding hydrogens is 271 g/mol. The molecule has 0 saturated carbocycles. The van der Waals surface area contributed by atoms with Crippen molar-refractivity contribution in [2.45, 2.75) is 39.7 Å². The van der Waals surface area contributed by atoms with Gasteiger partial charge in [-0.3, -0.25) is 0 Å². The number of thiazole rings is 1. The summed E-state index contributed by atoms with van der Waals surface area (Å²) in [4.78, 5) is 6.09. The Labute approximate surface area is 124 Å². The number of hydrogen-bond acceptors (Lipinski definition) is 3. The number of halogens is 1. The monoisotopic (exact) mass is 292 g/mol. The summed E-state index contributed by atoms with van der Waals surface area (Å²) in [6.45, 7) is 6.15. The van der Waals surface area contributed by atoms with E-state index in [9.17, 15) is 4.39 Å². The maximum atomic E-state index is 12.9. The molecule has 108 valence electrons. The van der Waals surface area contributed by atoms with E-state index in [-0.39, 0.29) is 5.82 Å². The first-order valence-corrected chi connectivity index (χ1v) is 7.97. The second kappa shape index (κ2) is 7.50. The molecule has 0 unspecified atom stereocenters. The zero-order valence-electron chi connectivity index (χ0n) is 12.1. The molecule has 0 bridgehead atoms. The minimum absolute atomic E-state index is 0.188. The van der Waals surface area contributed by atoms with E-state index in [0.717, 1.165) is 42.9 Å². The molecule has 20 heavy (non-hydrogen) atoms. The van der Waals surface area contributed by atoms with Gasteiger partial charge in [0, 0.05) is 17.8 Å². The van der Waals surface area contributed by atoms with Crippen LogP contribution in [0, 0.1) is 5.82 Å². The average Bonchev–Trinajstić information content (AvgIpc) is 2.81. The van der Waals surface area contributed by atoms with Crippen molar-refractivity contribution < 1.29 is 4.39 Å². The Morgan fingerprint density at radius 3 is 2.60 bits per heavy atom.